The third-order valence-corrected chi connectivity index (χ3v) is 5.95. The van der Waals surface area contributed by atoms with E-state index in [0.717, 1.165) is 31.0 Å². The maximum absolute atomic E-state index is 12.2. The molecule has 0 amide bonds. The molecule has 6 heteroatoms. The number of hydrogen-bond donors (Lipinski definition) is 1. The van der Waals surface area contributed by atoms with Crippen LogP contribution in [0.1, 0.15) is 17.4 Å². The van der Waals surface area contributed by atoms with E-state index >= 15 is 0 Å². The number of nitrogens with zero attached hydrogens (tertiary/aromatic N) is 2. The van der Waals surface area contributed by atoms with Gasteiger partial charge in [-0.15, -0.1) is 11.3 Å². The van der Waals surface area contributed by atoms with E-state index in [0.29, 0.717) is 18.1 Å². The molecular formula is C19H27N3OS2. The molecule has 0 saturated heterocycles. The Morgan fingerprint density at radius 1 is 1.24 bits per heavy atom. The summed E-state index contributed by atoms with van der Waals surface area (Å²) < 4.78 is 12.2. The molecule has 1 unspecified atom stereocenters. The summed E-state index contributed by atoms with van der Waals surface area (Å²) in [6.07, 6.45) is 1.01. The zero-order valence-electron chi connectivity index (χ0n) is 15.0. The van der Waals surface area contributed by atoms with E-state index in [9.17, 15) is 4.21 Å². The summed E-state index contributed by atoms with van der Waals surface area (Å²) in [5.41, 5.74) is 1.12. The molecule has 0 saturated carbocycles. The fourth-order valence-corrected chi connectivity index (χ4v) is 4.10. The van der Waals surface area contributed by atoms with E-state index in [2.05, 4.69) is 46.7 Å². The van der Waals surface area contributed by atoms with E-state index in [-0.39, 0.29) is 0 Å². The fraction of sp³-hybridized carbons (Fsp3) is 0.421. The van der Waals surface area contributed by atoms with Gasteiger partial charge in [0.1, 0.15) is 0 Å². The molecule has 0 aliphatic carbocycles. The van der Waals surface area contributed by atoms with E-state index in [4.69, 9.17) is 0 Å². The molecule has 4 nitrogen and oxygen atoms in total. The van der Waals surface area contributed by atoms with Gasteiger partial charge in [0.15, 0.2) is 5.96 Å². The van der Waals surface area contributed by atoms with Crippen molar-refractivity contribution in [3.8, 4) is 0 Å². The first-order chi connectivity index (χ1) is 12.2. The number of hydrogen-bond acceptors (Lipinski definition) is 3. The Balaban J connectivity index is 1.80. The molecule has 2 aromatic rings. The summed E-state index contributed by atoms with van der Waals surface area (Å²) in [4.78, 5) is 8.16. The number of likely N-dealkylation sites (N-methyl/N-ethyl adjacent to an activating group) is 1. The second-order valence-electron chi connectivity index (χ2n) is 5.76. The summed E-state index contributed by atoms with van der Waals surface area (Å²) in [5, 5.41) is 5.42. The van der Waals surface area contributed by atoms with Crippen LogP contribution in [0, 0.1) is 0 Å². The van der Waals surface area contributed by atoms with Crippen molar-refractivity contribution in [3.63, 3.8) is 0 Å². The van der Waals surface area contributed by atoms with Crippen LogP contribution in [0.15, 0.2) is 52.8 Å². The van der Waals surface area contributed by atoms with E-state index in [1.807, 2.05) is 30.3 Å². The molecule has 2 rings (SSSR count). The van der Waals surface area contributed by atoms with Gasteiger partial charge < -0.3 is 10.2 Å². The van der Waals surface area contributed by atoms with Crippen LogP contribution in [0.5, 0.6) is 0 Å². The minimum atomic E-state index is -0.884. The zero-order chi connectivity index (χ0) is 17.9. The molecule has 0 fully saturated rings. The SMILES string of the molecule is CCNC(=NCCS(=O)Cc1ccccc1)N(C)CCc1cccs1. The number of aliphatic imine (C=N–C) groups is 1. The van der Waals surface area contributed by atoms with Gasteiger partial charge in [-0.25, -0.2) is 0 Å². The van der Waals surface area contributed by atoms with E-state index in [1.54, 1.807) is 11.3 Å². The van der Waals surface area contributed by atoms with Crippen molar-refractivity contribution in [1.82, 2.24) is 10.2 Å². The predicted molar refractivity (Wildman–Crippen MR) is 110 cm³/mol. The Labute approximate surface area is 157 Å². The highest BCUT2D eigenvalue weighted by Gasteiger charge is 2.07. The highest BCUT2D eigenvalue weighted by atomic mass is 32.2. The predicted octanol–water partition coefficient (Wildman–Crippen LogP) is 3.14. The average molecular weight is 378 g/mol. The van der Waals surface area contributed by atoms with Crippen molar-refractivity contribution in [2.75, 3.05) is 32.4 Å². The second kappa shape index (κ2) is 11.1. The second-order valence-corrected chi connectivity index (χ2v) is 8.37. The summed E-state index contributed by atoms with van der Waals surface area (Å²) in [6, 6.07) is 14.2. The van der Waals surface area contributed by atoms with Crippen molar-refractivity contribution in [1.29, 1.82) is 0 Å². The van der Waals surface area contributed by atoms with Crippen LogP contribution in [-0.4, -0.2) is 47.5 Å². The fourth-order valence-electron chi connectivity index (χ4n) is 2.39. The lowest BCUT2D eigenvalue weighted by Gasteiger charge is -2.21. The summed E-state index contributed by atoms with van der Waals surface area (Å²) in [6.45, 7) is 4.38. The minimum Gasteiger partial charge on any atom is -0.357 e. The minimum absolute atomic E-state index is 0.575. The van der Waals surface area contributed by atoms with Crippen LogP contribution in [0.2, 0.25) is 0 Å². The summed E-state index contributed by atoms with van der Waals surface area (Å²) >= 11 is 1.79. The van der Waals surface area contributed by atoms with Gasteiger partial charge in [-0.3, -0.25) is 9.20 Å². The Bertz CT molecular complexity index is 657. The highest BCUT2D eigenvalue weighted by molar-refractivity contribution is 7.84. The number of thiophene rings is 1. The number of benzene rings is 1. The third-order valence-electron chi connectivity index (χ3n) is 3.72. The largest absolute Gasteiger partial charge is 0.357 e. The monoisotopic (exact) mass is 377 g/mol. The quantitative estimate of drug-likeness (QED) is 0.539. The van der Waals surface area contributed by atoms with Crippen molar-refractivity contribution in [2.45, 2.75) is 19.1 Å². The number of guanidine groups is 1. The Morgan fingerprint density at radius 2 is 2.04 bits per heavy atom. The lowest BCUT2D eigenvalue weighted by molar-refractivity contribution is 0.487. The topological polar surface area (TPSA) is 44.7 Å². The maximum atomic E-state index is 12.2. The van der Waals surface area contributed by atoms with Crippen LogP contribution < -0.4 is 5.32 Å². The lowest BCUT2D eigenvalue weighted by atomic mass is 10.2. The normalized spacial score (nSPS) is 12.8. The van der Waals surface area contributed by atoms with Gasteiger partial charge in [0.25, 0.3) is 0 Å². The van der Waals surface area contributed by atoms with Crippen molar-refractivity contribution >= 4 is 28.1 Å². The first-order valence-electron chi connectivity index (χ1n) is 8.59. The van der Waals surface area contributed by atoms with Gasteiger partial charge >= 0.3 is 0 Å². The van der Waals surface area contributed by atoms with Crippen molar-refractivity contribution in [3.05, 3.63) is 58.3 Å². The maximum Gasteiger partial charge on any atom is 0.193 e. The Hall–Kier alpha value is -1.66. The van der Waals surface area contributed by atoms with Gasteiger partial charge in [0, 0.05) is 47.3 Å². The molecule has 0 radical (unpaired) electrons. The molecule has 1 atom stereocenters. The first kappa shape index (κ1) is 19.7. The van der Waals surface area contributed by atoms with Crippen LogP contribution in [0.3, 0.4) is 0 Å². The molecule has 25 heavy (non-hydrogen) atoms. The van der Waals surface area contributed by atoms with Gasteiger partial charge in [-0.2, -0.15) is 0 Å². The molecule has 1 N–H and O–H groups in total. The molecule has 0 spiro atoms. The lowest BCUT2D eigenvalue weighted by Crippen LogP contribution is -2.40. The molecule has 0 bridgehead atoms. The molecule has 136 valence electrons. The van der Waals surface area contributed by atoms with Gasteiger partial charge in [-0.05, 0) is 30.4 Å². The van der Waals surface area contributed by atoms with Crippen LogP contribution >= 0.6 is 11.3 Å². The third kappa shape index (κ3) is 7.40. The molecule has 1 heterocycles. The average Bonchev–Trinajstić information content (AvgIpc) is 3.13. The standard InChI is InChI=1S/C19H27N3OS2/c1-3-20-19(22(2)13-11-18-10-7-14-24-18)21-12-15-25(23)16-17-8-5-4-6-9-17/h4-10,14H,3,11-13,15-16H2,1-2H3,(H,20,21). The van der Waals surface area contributed by atoms with Crippen molar-refractivity contribution < 1.29 is 4.21 Å². The molecule has 0 aliphatic rings. The molecular weight excluding hydrogens is 350 g/mol. The zero-order valence-corrected chi connectivity index (χ0v) is 16.6. The van der Waals surface area contributed by atoms with Gasteiger partial charge in [0.05, 0.1) is 6.54 Å². The smallest absolute Gasteiger partial charge is 0.193 e. The van der Waals surface area contributed by atoms with Crippen LogP contribution in [0.25, 0.3) is 0 Å². The van der Waals surface area contributed by atoms with Gasteiger partial charge in [-0.1, -0.05) is 36.4 Å². The van der Waals surface area contributed by atoms with Crippen LogP contribution in [-0.2, 0) is 23.0 Å². The Morgan fingerprint density at radius 3 is 2.72 bits per heavy atom. The van der Waals surface area contributed by atoms with Gasteiger partial charge in [0.2, 0.25) is 0 Å². The number of rotatable bonds is 9. The summed E-state index contributed by atoms with van der Waals surface area (Å²) in [7, 11) is 1.17. The van der Waals surface area contributed by atoms with Crippen LogP contribution in [0.4, 0.5) is 0 Å². The van der Waals surface area contributed by atoms with Crippen molar-refractivity contribution in [2.24, 2.45) is 4.99 Å². The van der Waals surface area contributed by atoms with E-state index in [1.165, 1.54) is 4.88 Å². The van der Waals surface area contributed by atoms with E-state index < -0.39 is 10.8 Å². The summed E-state index contributed by atoms with van der Waals surface area (Å²) in [5.74, 6) is 2.07. The highest BCUT2D eigenvalue weighted by Crippen LogP contribution is 2.09. The molecule has 1 aromatic carbocycles. The first-order valence-corrected chi connectivity index (χ1v) is 11.0. The molecule has 1 aromatic heterocycles. The molecule has 0 aliphatic heterocycles. The number of nitrogens with one attached hydrogen (secondary N) is 1. The Kier molecular flexibility index (Phi) is 8.69.